The second-order valence-electron chi connectivity index (χ2n) is 6.06. The van der Waals surface area contributed by atoms with Crippen LogP contribution in [0.15, 0.2) is 48.5 Å². The van der Waals surface area contributed by atoms with Gasteiger partial charge in [0.05, 0.1) is 0 Å². The molecule has 0 saturated carbocycles. The average molecular weight is 425 g/mol. The number of halogens is 3. The van der Waals surface area contributed by atoms with E-state index in [1.165, 1.54) is 38.1 Å². The van der Waals surface area contributed by atoms with Gasteiger partial charge in [0.1, 0.15) is 11.5 Å². The quantitative estimate of drug-likeness (QED) is 0.512. The first-order valence-electron chi connectivity index (χ1n) is 8.63. The van der Waals surface area contributed by atoms with Crippen molar-refractivity contribution in [1.29, 1.82) is 0 Å². The number of rotatable bonds is 8. The molecule has 1 unspecified atom stereocenters. The van der Waals surface area contributed by atoms with Crippen LogP contribution >= 0.6 is 0 Å². The predicted molar refractivity (Wildman–Crippen MR) is 99.3 cm³/mol. The summed E-state index contributed by atoms with van der Waals surface area (Å²) in [5.74, 6) is -1.69. The van der Waals surface area contributed by atoms with Gasteiger partial charge in [-0.3, -0.25) is 9.59 Å². The van der Waals surface area contributed by atoms with Crippen LogP contribution in [0.4, 0.5) is 18.9 Å². The molecule has 0 heterocycles. The molecule has 0 radical (unpaired) electrons. The van der Waals surface area contributed by atoms with Crippen LogP contribution in [-0.4, -0.2) is 36.7 Å². The third-order valence-electron chi connectivity index (χ3n) is 3.65. The molecule has 160 valence electrons. The molecule has 1 amide bonds. The Hall–Kier alpha value is -3.56. The topological polar surface area (TPSA) is 90.9 Å². The molecule has 2 aromatic rings. The summed E-state index contributed by atoms with van der Waals surface area (Å²) in [6.07, 6.45) is -5.99. The number of amides is 1. The second-order valence-corrected chi connectivity index (χ2v) is 6.06. The Morgan fingerprint density at radius 2 is 1.53 bits per heavy atom. The van der Waals surface area contributed by atoms with E-state index in [1.54, 1.807) is 12.1 Å². The Bertz CT molecular complexity index is 894. The minimum absolute atomic E-state index is 0.108. The summed E-state index contributed by atoms with van der Waals surface area (Å²) in [5, 5.41) is 2.40. The number of carbonyl (C=O) groups is 3. The van der Waals surface area contributed by atoms with Gasteiger partial charge in [-0.15, -0.1) is 13.2 Å². The molecule has 0 aliphatic rings. The van der Waals surface area contributed by atoms with Gasteiger partial charge in [-0.05, 0) is 62.4 Å². The van der Waals surface area contributed by atoms with Crippen LogP contribution < -0.4 is 14.8 Å². The van der Waals surface area contributed by atoms with Gasteiger partial charge in [0.2, 0.25) is 0 Å². The maximum atomic E-state index is 12.1. The van der Waals surface area contributed by atoms with Crippen molar-refractivity contribution in [3.8, 4) is 11.5 Å². The number of hydrogen-bond acceptors (Lipinski definition) is 6. The fourth-order valence-electron chi connectivity index (χ4n) is 2.20. The summed E-state index contributed by atoms with van der Waals surface area (Å²) in [6.45, 7) is 2.29. The number of ether oxygens (including phenoxy) is 3. The molecule has 7 nitrogen and oxygen atoms in total. The molecule has 0 aliphatic carbocycles. The largest absolute Gasteiger partial charge is 0.573 e. The lowest BCUT2D eigenvalue weighted by Gasteiger charge is -2.14. The number of benzene rings is 2. The van der Waals surface area contributed by atoms with Gasteiger partial charge < -0.3 is 19.5 Å². The number of anilines is 1. The SMILES string of the molecule is CC(=O)c1ccc(OCC(=O)OC(C)C(=O)Nc2ccc(OC(F)(F)F)cc2)cc1. The number of ketones is 1. The van der Waals surface area contributed by atoms with E-state index < -0.39 is 36.7 Å². The van der Waals surface area contributed by atoms with Crippen LogP contribution in [0.25, 0.3) is 0 Å². The standard InChI is InChI=1S/C20H18F3NO6/c1-12(25)14-3-7-16(8-4-14)28-11-18(26)29-13(2)19(27)24-15-5-9-17(10-6-15)30-20(21,22)23/h3-10,13H,11H2,1-2H3,(H,24,27). The zero-order chi connectivity index (χ0) is 22.3. The molecule has 10 heteroatoms. The molecule has 1 atom stereocenters. The van der Waals surface area contributed by atoms with Crippen molar-refractivity contribution < 1.29 is 41.8 Å². The summed E-state index contributed by atoms with van der Waals surface area (Å²) < 4.78 is 50.3. The summed E-state index contributed by atoms with van der Waals surface area (Å²) in [6, 6.07) is 10.6. The van der Waals surface area contributed by atoms with E-state index in [2.05, 4.69) is 10.1 Å². The van der Waals surface area contributed by atoms with Crippen molar-refractivity contribution in [2.24, 2.45) is 0 Å². The maximum absolute atomic E-state index is 12.1. The minimum Gasteiger partial charge on any atom is -0.482 e. The predicted octanol–water partition coefficient (Wildman–Crippen LogP) is 3.74. The number of Topliss-reactive ketones (excluding diaryl/α,β-unsaturated/α-hetero) is 1. The molecule has 0 bridgehead atoms. The normalized spacial score (nSPS) is 11.9. The van der Waals surface area contributed by atoms with Crippen LogP contribution in [0.5, 0.6) is 11.5 Å². The molecular weight excluding hydrogens is 407 g/mol. The van der Waals surface area contributed by atoms with Crippen LogP contribution in [0.2, 0.25) is 0 Å². The fourth-order valence-corrected chi connectivity index (χ4v) is 2.20. The van der Waals surface area contributed by atoms with Gasteiger partial charge in [0.25, 0.3) is 5.91 Å². The Labute approximate surface area is 169 Å². The summed E-state index contributed by atoms with van der Waals surface area (Å²) >= 11 is 0. The summed E-state index contributed by atoms with van der Waals surface area (Å²) in [5.41, 5.74) is 0.687. The van der Waals surface area contributed by atoms with Crippen LogP contribution in [0, 0.1) is 0 Å². The van der Waals surface area contributed by atoms with Gasteiger partial charge in [0.15, 0.2) is 18.5 Å². The molecule has 1 N–H and O–H groups in total. The number of hydrogen-bond donors (Lipinski definition) is 1. The molecule has 0 aliphatic heterocycles. The first-order valence-corrected chi connectivity index (χ1v) is 8.63. The Morgan fingerprint density at radius 3 is 2.07 bits per heavy atom. The summed E-state index contributed by atoms with van der Waals surface area (Å²) in [7, 11) is 0. The second kappa shape index (κ2) is 9.77. The highest BCUT2D eigenvalue weighted by atomic mass is 19.4. The van der Waals surface area contributed by atoms with Crippen molar-refractivity contribution in [2.45, 2.75) is 26.3 Å². The Morgan fingerprint density at radius 1 is 0.967 bits per heavy atom. The molecule has 0 saturated heterocycles. The molecular formula is C20H18F3NO6. The van der Waals surface area contributed by atoms with E-state index in [0.29, 0.717) is 11.3 Å². The van der Waals surface area contributed by atoms with Crippen molar-refractivity contribution >= 4 is 23.3 Å². The Balaban J connectivity index is 1.80. The van der Waals surface area contributed by atoms with Crippen molar-refractivity contribution in [1.82, 2.24) is 0 Å². The third-order valence-corrected chi connectivity index (χ3v) is 3.65. The van der Waals surface area contributed by atoms with Gasteiger partial charge in [-0.1, -0.05) is 0 Å². The van der Waals surface area contributed by atoms with Gasteiger partial charge in [-0.2, -0.15) is 0 Å². The van der Waals surface area contributed by atoms with E-state index in [0.717, 1.165) is 12.1 Å². The highest BCUT2D eigenvalue weighted by molar-refractivity contribution is 5.95. The molecule has 30 heavy (non-hydrogen) atoms. The first kappa shape index (κ1) is 22.7. The monoisotopic (exact) mass is 425 g/mol. The van der Waals surface area contributed by atoms with Gasteiger partial charge in [-0.25, -0.2) is 4.79 Å². The molecule has 0 aromatic heterocycles. The van der Waals surface area contributed by atoms with E-state index in [-0.39, 0.29) is 11.5 Å². The van der Waals surface area contributed by atoms with Crippen LogP contribution in [0.3, 0.4) is 0 Å². The average Bonchev–Trinajstić information content (AvgIpc) is 2.67. The lowest BCUT2D eigenvalue weighted by atomic mass is 10.1. The molecule has 2 aromatic carbocycles. The number of alkyl halides is 3. The Kier molecular flexibility index (Phi) is 7.40. The maximum Gasteiger partial charge on any atom is 0.573 e. The first-order chi connectivity index (χ1) is 14.0. The lowest BCUT2D eigenvalue weighted by Crippen LogP contribution is -2.31. The highest BCUT2D eigenvalue weighted by Crippen LogP contribution is 2.24. The van der Waals surface area contributed by atoms with Crippen LogP contribution in [0.1, 0.15) is 24.2 Å². The molecule has 0 fully saturated rings. The number of carbonyl (C=O) groups excluding carboxylic acids is 3. The van der Waals surface area contributed by atoms with Crippen molar-refractivity contribution in [3.05, 3.63) is 54.1 Å². The fraction of sp³-hybridized carbons (Fsp3) is 0.250. The van der Waals surface area contributed by atoms with Gasteiger partial charge in [0, 0.05) is 11.3 Å². The number of nitrogens with one attached hydrogen (secondary N) is 1. The smallest absolute Gasteiger partial charge is 0.482 e. The van der Waals surface area contributed by atoms with E-state index in [9.17, 15) is 27.6 Å². The molecule has 0 spiro atoms. The number of esters is 1. The zero-order valence-electron chi connectivity index (χ0n) is 16.0. The summed E-state index contributed by atoms with van der Waals surface area (Å²) in [4.78, 5) is 35.1. The lowest BCUT2D eigenvalue weighted by molar-refractivity contribution is -0.274. The van der Waals surface area contributed by atoms with E-state index in [1.807, 2.05) is 0 Å². The van der Waals surface area contributed by atoms with Crippen molar-refractivity contribution in [2.75, 3.05) is 11.9 Å². The molecule has 2 rings (SSSR count). The third kappa shape index (κ3) is 7.46. The zero-order valence-corrected chi connectivity index (χ0v) is 16.0. The van der Waals surface area contributed by atoms with Crippen molar-refractivity contribution in [3.63, 3.8) is 0 Å². The van der Waals surface area contributed by atoms with E-state index >= 15 is 0 Å². The van der Waals surface area contributed by atoms with Crippen LogP contribution in [-0.2, 0) is 14.3 Å². The van der Waals surface area contributed by atoms with Gasteiger partial charge >= 0.3 is 12.3 Å². The van der Waals surface area contributed by atoms with E-state index in [4.69, 9.17) is 9.47 Å². The highest BCUT2D eigenvalue weighted by Gasteiger charge is 2.31. The minimum atomic E-state index is -4.81.